The monoisotopic (exact) mass is 505 g/mol. The number of rotatable bonds is 7. The first-order valence-electron chi connectivity index (χ1n) is 13.1. The van der Waals surface area contributed by atoms with E-state index in [1.807, 2.05) is 60.1 Å². The molecule has 192 valence electrons. The number of aryl methyl sites for hydroxylation is 1. The Hall–Kier alpha value is -4.14. The van der Waals surface area contributed by atoms with Crippen molar-refractivity contribution < 1.29 is 0 Å². The van der Waals surface area contributed by atoms with E-state index in [9.17, 15) is 4.79 Å². The lowest BCUT2D eigenvalue weighted by atomic mass is 10.0. The van der Waals surface area contributed by atoms with Gasteiger partial charge in [0.25, 0.3) is 5.56 Å². The van der Waals surface area contributed by atoms with E-state index in [-0.39, 0.29) is 11.6 Å². The Morgan fingerprint density at radius 2 is 1.53 bits per heavy atom. The smallest absolute Gasteiger partial charge is 0.253 e. The Labute approximate surface area is 221 Å². The van der Waals surface area contributed by atoms with Gasteiger partial charge in [0.2, 0.25) is 0 Å². The highest BCUT2D eigenvalue weighted by Crippen LogP contribution is 2.29. The van der Waals surface area contributed by atoms with Gasteiger partial charge in [-0.3, -0.25) is 14.6 Å². The van der Waals surface area contributed by atoms with Crippen LogP contribution in [0.3, 0.4) is 0 Å². The van der Waals surface area contributed by atoms with Crippen molar-refractivity contribution in [2.45, 2.75) is 26.1 Å². The Morgan fingerprint density at radius 3 is 2.24 bits per heavy atom. The minimum atomic E-state index is -0.360. The van der Waals surface area contributed by atoms with Crippen LogP contribution in [0.1, 0.15) is 34.1 Å². The van der Waals surface area contributed by atoms with Crippen molar-refractivity contribution in [2.24, 2.45) is 0 Å². The molecule has 8 heteroatoms. The first-order valence-corrected chi connectivity index (χ1v) is 13.1. The third-order valence-electron chi connectivity index (χ3n) is 7.41. The molecule has 1 aliphatic heterocycles. The molecule has 1 unspecified atom stereocenters. The molecule has 0 spiro atoms. The van der Waals surface area contributed by atoms with Crippen LogP contribution >= 0.6 is 0 Å². The van der Waals surface area contributed by atoms with Gasteiger partial charge in [0, 0.05) is 38.3 Å². The largest absolute Gasteiger partial charge is 0.321 e. The molecular formula is C30H31N7O. The van der Waals surface area contributed by atoms with E-state index in [4.69, 9.17) is 0 Å². The summed E-state index contributed by atoms with van der Waals surface area (Å²) in [5, 5.41) is 13.9. The molecule has 1 N–H and O–H groups in total. The van der Waals surface area contributed by atoms with Gasteiger partial charge in [-0.25, -0.2) is 4.68 Å². The zero-order valence-electron chi connectivity index (χ0n) is 21.5. The predicted molar refractivity (Wildman–Crippen MR) is 148 cm³/mol. The molecule has 1 atom stereocenters. The van der Waals surface area contributed by atoms with Crippen molar-refractivity contribution in [3.63, 3.8) is 0 Å². The third-order valence-corrected chi connectivity index (χ3v) is 7.41. The maximum Gasteiger partial charge on any atom is 0.253 e. The zero-order valence-corrected chi connectivity index (χ0v) is 21.5. The van der Waals surface area contributed by atoms with Gasteiger partial charge in [0.15, 0.2) is 5.82 Å². The Morgan fingerprint density at radius 1 is 0.842 bits per heavy atom. The van der Waals surface area contributed by atoms with Crippen LogP contribution in [0.2, 0.25) is 0 Å². The average molecular weight is 506 g/mol. The number of nitrogens with zero attached hydrogens (tertiary/aromatic N) is 6. The van der Waals surface area contributed by atoms with Crippen LogP contribution in [0, 0.1) is 6.92 Å². The number of nitrogens with one attached hydrogen (secondary N) is 1. The number of H-pyrrole nitrogens is 1. The quantitative estimate of drug-likeness (QED) is 0.363. The fourth-order valence-electron chi connectivity index (χ4n) is 5.40. The van der Waals surface area contributed by atoms with Gasteiger partial charge in [0.1, 0.15) is 6.04 Å². The second-order valence-electron chi connectivity index (χ2n) is 9.97. The fourth-order valence-corrected chi connectivity index (χ4v) is 5.40. The number of fused-ring (bicyclic) bond motifs is 1. The normalized spacial score (nSPS) is 15.6. The highest BCUT2D eigenvalue weighted by atomic mass is 16.1. The lowest BCUT2D eigenvalue weighted by Gasteiger charge is -2.38. The summed E-state index contributed by atoms with van der Waals surface area (Å²) in [7, 11) is 0. The van der Waals surface area contributed by atoms with Gasteiger partial charge < -0.3 is 4.98 Å². The van der Waals surface area contributed by atoms with Crippen molar-refractivity contribution in [1.82, 2.24) is 35.0 Å². The summed E-state index contributed by atoms with van der Waals surface area (Å²) < 4.78 is 1.83. The predicted octanol–water partition coefficient (Wildman–Crippen LogP) is 3.78. The minimum Gasteiger partial charge on any atom is -0.321 e. The lowest BCUT2D eigenvalue weighted by molar-refractivity contribution is 0.0998. The zero-order chi connectivity index (χ0) is 25.9. The maximum absolute atomic E-state index is 13.6. The standard InChI is InChI=1S/C30H31N7O/c1-22-9-8-14-25-19-26(30(38)31-27(22)25)28(29-32-33-34-37(29)21-24-12-6-3-7-13-24)36-17-15-35(16-18-36)20-23-10-4-2-5-11-23/h2-14,19,28H,15-18,20-21H2,1H3,(H,31,38). The van der Waals surface area contributed by atoms with Gasteiger partial charge in [-0.1, -0.05) is 78.9 Å². The van der Waals surface area contributed by atoms with E-state index in [0.717, 1.165) is 54.8 Å². The molecule has 6 rings (SSSR count). The van der Waals surface area contributed by atoms with Gasteiger partial charge in [0.05, 0.1) is 12.1 Å². The number of benzene rings is 3. The summed E-state index contributed by atoms with van der Waals surface area (Å²) in [6, 6.07) is 28.5. The molecule has 8 nitrogen and oxygen atoms in total. The van der Waals surface area contributed by atoms with E-state index < -0.39 is 0 Å². The molecule has 5 aromatic rings. The first kappa shape index (κ1) is 24.2. The summed E-state index contributed by atoms with van der Waals surface area (Å²) >= 11 is 0. The van der Waals surface area contributed by atoms with Gasteiger partial charge >= 0.3 is 0 Å². The fraction of sp³-hybridized carbons (Fsp3) is 0.267. The minimum absolute atomic E-state index is 0.0993. The van der Waals surface area contributed by atoms with Gasteiger partial charge in [-0.2, -0.15) is 0 Å². The van der Waals surface area contributed by atoms with E-state index >= 15 is 0 Å². The van der Waals surface area contributed by atoms with Crippen LogP contribution in [0.5, 0.6) is 0 Å². The first-order chi connectivity index (χ1) is 18.7. The summed E-state index contributed by atoms with van der Waals surface area (Å²) in [5.41, 5.74) is 4.91. The molecule has 1 saturated heterocycles. The number of hydrogen-bond acceptors (Lipinski definition) is 6. The lowest BCUT2D eigenvalue weighted by Crippen LogP contribution is -2.48. The van der Waals surface area contributed by atoms with Crippen LogP contribution in [0.4, 0.5) is 0 Å². The molecule has 2 aromatic heterocycles. The Balaban J connectivity index is 1.35. The number of aromatic nitrogens is 5. The molecular weight excluding hydrogens is 474 g/mol. The SMILES string of the molecule is Cc1cccc2cc(C(c3nnnn3Cc3ccccc3)N3CCN(Cc4ccccc4)CC3)c(=O)[nH]c12. The van der Waals surface area contributed by atoms with Crippen molar-refractivity contribution in [3.8, 4) is 0 Å². The summed E-state index contributed by atoms with van der Waals surface area (Å²) in [4.78, 5) is 21.5. The second kappa shape index (κ2) is 10.7. The molecule has 1 aliphatic rings. The number of hydrogen-bond donors (Lipinski definition) is 1. The van der Waals surface area contributed by atoms with Crippen molar-refractivity contribution in [1.29, 1.82) is 0 Å². The van der Waals surface area contributed by atoms with Gasteiger partial charge in [-0.05, 0) is 45.5 Å². The topological polar surface area (TPSA) is 82.9 Å². The van der Waals surface area contributed by atoms with E-state index in [0.29, 0.717) is 17.9 Å². The van der Waals surface area contributed by atoms with Crippen LogP contribution in [0.25, 0.3) is 10.9 Å². The van der Waals surface area contributed by atoms with Crippen LogP contribution in [0.15, 0.2) is 89.7 Å². The van der Waals surface area contributed by atoms with Crippen LogP contribution in [-0.2, 0) is 13.1 Å². The third kappa shape index (κ3) is 5.01. The number of para-hydroxylation sites is 1. The Bertz CT molecular complexity index is 1570. The summed E-state index contributed by atoms with van der Waals surface area (Å²) in [6.07, 6.45) is 0. The highest BCUT2D eigenvalue weighted by molar-refractivity contribution is 5.82. The number of aromatic amines is 1. The molecule has 0 bridgehead atoms. The van der Waals surface area contributed by atoms with Crippen molar-refractivity contribution in [2.75, 3.05) is 26.2 Å². The Kier molecular flexibility index (Phi) is 6.81. The van der Waals surface area contributed by atoms with Crippen LogP contribution in [-0.4, -0.2) is 61.2 Å². The molecule has 3 aromatic carbocycles. The molecule has 1 fully saturated rings. The van der Waals surface area contributed by atoms with E-state index in [1.165, 1.54) is 5.56 Å². The highest BCUT2D eigenvalue weighted by Gasteiger charge is 2.32. The molecule has 0 amide bonds. The summed E-state index contributed by atoms with van der Waals surface area (Å²) in [5.74, 6) is 0.683. The van der Waals surface area contributed by atoms with E-state index in [1.54, 1.807) is 0 Å². The number of piperazine rings is 1. The maximum atomic E-state index is 13.6. The van der Waals surface area contributed by atoms with Crippen molar-refractivity contribution in [3.05, 3.63) is 123 Å². The molecule has 0 aliphatic carbocycles. The van der Waals surface area contributed by atoms with Crippen LogP contribution < -0.4 is 5.56 Å². The molecule has 0 radical (unpaired) electrons. The number of pyridine rings is 1. The van der Waals surface area contributed by atoms with Gasteiger partial charge in [-0.15, -0.1) is 5.10 Å². The second-order valence-corrected chi connectivity index (χ2v) is 9.97. The molecule has 0 saturated carbocycles. The van der Waals surface area contributed by atoms with E-state index in [2.05, 4.69) is 66.7 Å². The average Bonchev–Trinajstić information content (AvgIpc) is 3.39. The number of tetrazole rings is 1. The molecule has 38 heavy (non-hydrogen) atoms. The molecule has 3 heterocycles. The summed E-state index contributed by atoms with van der Waals surface area (Å²) in [6.45, 7) is 6.88. The van der Waals surface area contributed by atoms with Crippen molar-refractivity contribution >= 4 is 10.9 Å².